The van der Waals surface area contributed by atoms with Crippen molar-refractivity contribution in [3.05, 3.63) is 58.0 Å². The molecule has 0 unspecified atom stereocenters. The highest BCUT2D eigenvalue weighted by Gasteiger charge is 2.32. The molecule has 5 nitrogen and oxygen atoms in total. The first kappa shape index (κ1) is 20.2. The summed E-state index contributed by atoms with van der Waals surface area (Å²) >= 11 is 11.9. The Hall–Kier alpha value is -1.50. The van der Waals surface area contributed by atoms with Crippen LogP contribution in [0.3, 0.4) is 0 Å². The van der Waals surface area contributed by atoms with Gasteiger partial charge in [0.2, 0.25) is 5.91 Å². The molecule has 0 saturated carbocycles. The van der Waals surface area contributed by atoms with Crippen molar-refractivity contribution in [1.29, 1.82) is 0 Å². The fraction of sp³-hybridized carbons (Fsp3) is 0.421. The molecule has 1 aromatic heterocycles. The van der Waals surface area contributed by atoms with E-state index in [4.69, 9.17) is 27.6 Å². The third-order valence-corrected chi connectivity index (χ3v) is 7.75. The van der Waals surface area contributed by atoms with Crippen molar-refractivity contribution in [3.8, 4) is 0 Å². The molecular formula is C19H21Cl2NO4S. The van der Waals surface area contributed by atoms with E-state index >= 15 is 0 Å². The van der Waals surface area contributed by atoms with Crippen molar-refractivity contribution < 1.29 is 17.6 Å². The zero-order valence-electron chi connectivity index (χ0n) is 14.7. The molecule has 146 valence electrons. The van der Waals surface area contributed by atoms with E-state index in [1.54, 1.807) is 29.2 Å². The third-order valence-electron chi connectivity index (χ3n) is 4.84. The standard InChI is InChI=1S/C19H21Cl2NO4S/c20-17-5-3-14(12-18(17)21)4-6-19(23)22-9-7-16(8-10-22)27(24,25)13-15-2-1-11-26-15/h1-3,5,11-12,16H,4,6-10,13H2. The predicted octanol–water partition coefficient (Wildman–Crippen LogP) is 4.13. The molecule has 2 heterocycles. The summed E-state index contributed by atoms with van der Waals surface area (Å²) < 4.78 is 30.2. The van der Waals surface area contributed by atoms with E-state index in [0.29, 0.717) is 54.6 Å². The topological polar surface area (TPSA) is 67.6 Å². The number of nitrogens with zero attached hydrogens (tertiary/aromatic N) is 1. The number of likely N-dealkylation sites (tertiary alicyclic amines) is 1. The summed E-state index contributed by atoms with van der Waals surface area (Å²) in [5.41, 5.74) is 0.952. The van der Waals surface area contributed by atoms with Crippen LogP contribution in [0.25, 0.3) is 0 Å². The molecule has 1 saturated heterocycles. The molecule has 0 radical (unpaired) electrons. The van der Waals surface area contributed by atoms with Crippen LogP contribution in [-0.4, -0.2) is 37.6 Å². The fourth-order valence-electron chi connectivity index (χ4n) is 3.28. The molecule has 1 aromatic carbocycles. The van der Waals surface area contributed by atoms with E-state index in [2.05, 4.69) is 0 Å². The molecule has 1 aliphatic rings. The first-order valence-electron chi connectivity index (χ1n) is 8.81. The minimum atomic E-state index is -3.28. The molecule has 0 aliphatic carbocycles. The number of sulfone groups is 1. The molecule has 1 aliphatic heterocycles. The zero-order chi connectivity index (χ0) is 19.4. The van der Waals surface area contributed by atoms with Gasteiger partial charge >= 0.3 is 0 Å². The van der Waals surface area contributed by atoms with Gasteiger partial charge in [0.15, 0.2) is 9.84 Å². The number of benzene rings is 1. The fourth-order valence-corrected chi connectivity index (χ4v) is 5.33. The number of aryl methyl sites for hydroxylation is 1. The highest BCUT2D eigenvalue weighted by Crippen LogP contribution is 2.24. The maximum atomic E-state index is 12.5. The van der Waals surface area contributed by atoms with Gasteiger partial charge in [-0.15, -0.1) is 0 Å². The molecule has 8 heteroatoms. The lowest BCUT2D eigenvalue weighted by Gasteiger charge is -2.31. The van der Waals surface area contributed by atoms with Gasteiger partial charge in [-0.25, -0.2) is 8.42 Å². The van der Waals surface area contributed by atoms with Crippen LogP contribution in [-0.2, 0) is 26.8 Å². The van der Waals surface area contributed by atoms with Gasteiger partial charge in [-0.1, -0.05) is 29.3 Å². The minimum Gasteiger partial charge on any atom is -0.468 e. The second-order valence-electron chi connectivity index (χ2n) is 6.72. The van der Waals surface area contributed by atoms with Gasteiger partial charge in [0.05, 0.1) is 21.6 Å². The molecule has 0 spiro atoms. The number of rotatable bonds is 6. The lowest BCUT2D eigenvalue weighted by molar-refractivity contribution is -0.132. The molecule has 1 amide bonds. The molecule has 0 N–H and O–H groups in total. The number of hydrogen-bond donors (Lipinski definition) is 0. The van der Waals surface area contributed by atoms with Crippen molar-refractivity contribution in [1.82, 2.24) is 4.90 Å². The summed E-state index contributed by atoms with van der Waals surface area (Å²) in [6.07, 6.45) is 3.33. The predicted molar refractivity (Wildman–Crippen MR) is 106 cm³/mol. The van der Waals surface area contributed by atoms with Crippen LogP contribution < -0.4 is 0 Å². The normalized spacial score (nSPS) is 15.9. The van der Waals surface area contributed by atoms with Crippen LogP contribution in [0.4, 0.5) is 0 Å². The summed E-state index contributed by atoms with van der Waals surface area (Å²) in [6, 6.07) is 8.69. The Morgan fingerprint density at radius 2 is 1.89 bits per heavy atom. The van der Waals surface area contributed by atoms with Crippen LogP contribution in [0.2, 0.25) is 10.0 Å². The minimum absolute atomic E-state index is 0.0305. The van der Waals surface area contributed by atoms with E-state index in [9.17, 15) is 13.2 Å². The van der Waals surface area contributed by atoms with Gasteiger partial charge in [0.1, 0.15) is 11.5 Å². The monoisotopic (exact) mass is 429 g/mol. The summed E-state index contributed by atoms with van der Waals surface area (Å²) in [6.45, 7) is 0.921. The lowest BCUT2D eigenvalue weighted by atomic mass is 10.1. The van der Waals surface area contributed by atoms with Crippen LogP contribution in [0.1, 0.15) is 30.6 Å². The zero-order valence-corrected chi connectivity index (χ0v) is 17.1. The van der Waals surface area contributed by atoms with Crippen molar-refractivity contribution >= 4 is 38.9 Å². The summed E-state index contributed by atoms with van der Waals surface area (Å²) in [5.74, 6) is 0.397. The van der Waals surface area contributed by atoms with Crippen LogP contribution in [0.15, 0.2) is 41.0 Å². The first-order chi connectivity index (χ1) is 12.8. The highest BCUT2D eigenvalue weighted by atomic mass is 35.5. The van der Waals surface area contributed by atoms with Gasteiger partial charge in [-0.2, -0.15) is 0 Å². The maximum absolute atomic E-state index is 12.5. The Balaban J connectivity index is 1.49. The molecule has 1 fully saturated rings. The highest BCUT2D eigenvalue weighted by molar-refractivity contribution is 7.91. The second kappa shape index (κ2) is 8.67. The van der Waals surface area contributed by atoms with Crippen LogP contribution in [0.5, 0.6) is 0 Å². The smallest absolute Gasteiger partial charge is 0.222 e. The molecule has 0 atom stereocenters. The van der Waals surface area contributed by atoms with Gasteiger partial charge in [0.25, 0.3) is 0 Å². The Kier molecular flexibility index (Phi) is 6.50. The quantitative estimate of drug-likeness (QED) is 0.692. The number of piperidine rings is 1. The van der Waals surface area contributed by atoms with E-state index in [-0.39, 0.29) is 11.7 Å². The number of carbonyl (C=O) groups is 1. The molecule has 2 aromatic rings. The van der Waals surface area contributed by atoms with Gasteiger partial charge in [-0.05, 0) is 49.1 Å². The summed E-state index contributed by atoms with van der Waals surface area (Å²) in [4.78, 5) is 14.2. The Morgan fingerprint density at radius 1 is 1.15 bits per heavy atom. The largest absolute Gasteiger partial charge is 0.468 e. The number of hydrogen-bond acceptors (Lipinski definition) is 4. The average molecular weight is 430 g/mol. The number of amides is 1. The Labute approximate surface area is 169 Å². The summed E-state index contributed by atoms with van der Waals surface area (Å²) in [7, 11) is -3.28. The van der Waals surface area contributed by atoms with Crippen LogP contribution >= 0.6 is 23.2 Å². The van der Waals surface area contributed by atoms with E-state index in [1.165, 1.54) is 6.26 Å². The summed E-state index contributed by atoms with van der Waals surface area (Å²) in [5, 5.41) is 0.537. The van der Waals surface area contributed by atoms with Gasteiger partial charge in [0, 0.05) is 19.5 Å². The number of halogens is 2. The van der Waals surface area contributed by atoms with E-state index < -0.39 is 15.1 Å². The first-order valence-corrected chi connectivity index (χ1v) is 11.3. The average Bonchev–Trinajstić information content (AvgIpc) is 3.15. The van der Waals surface area contributed by atoms with Gasteiger partial charge in [-0.3, -0.25) is 4.79 Å². The van der Waals surface area contributed by atoms with Crippen molar-refractivity contribution in [2.75, 3.05) is 13.1 Å². The van der Waals surface area contributed by atoms with Crippen molar-refractivity contribution in [2.24, 2.45) is 0 Å². The van der Waals surface area contributed by atoms with E-state index in [1.807, 2.05) is 6.07 Å². The number of furan rings is 1. The molecule has 3 rings (SSSR count). The van der Waals surface area contributed by atoms with Crippen LogP contribution in [0, 0.1) is 0 Å². The van der Waals surface area contributed by atoms with Gasteiger partial charge < -0.3 is 9.32 Å². The lowest BCUT2D eigenvalue weighted by Crippen LogP contribution is -2.42. The Morgan fingerprint density at radius 3 is 2.52 bits per heavy atom. The SMILES string of the molecule is O=C(CCc1ccc(Cl)c(Cl)c1)N1CCC(S(=O)(=O)Cc2ccco2)CC1. The number of carbonyl (C=O) groups excluding carboxylic acids is 1. The van der Waals surface area contributed by atoms with E-state index in [0.717, 1.165) is 5.56 Å². The molecule has 27 heavy (non-hydrogen) atoms. The maximum Gasteiger partial charge on any atom is 0.222 e. The Bertz CT molecular complexity index is 888. The third kappa shape index (κ3) is 5.27. The molecule has 0 bridgehead atoms. The molecular weight excluding hydrogens is 409 g/mol. The van der Waals surface area contributed by atoms with Crippen molar-refractivity contribution in [2.45, 2.75) is 36.7 Å². The second-order valence-corrected chi connectivity index (χ2v) is 9.81. The van der Waals surface area contributed by atoms with Crippen molar-refractivity contribution in [3.63, 3.8) is 0 Å².